The van der Waals surface area contributed by atoms with Gasteiger partial charge in [-0.2, -0.15) is 0 Å². The van der Waals surface area contributed by atoms with Gasteiger partial charge in [-0.25, -0.2) is 0 Å². The van der Waals surface area contributed by atoms with E-state index in [-0.39, 0.29) is 0 Å². The van der Waals surface area contributed by atoms with E-state index in [0.717, 1.165) is 11.8 Å². The second-order valence-electron chi connectivity index (χ2n) is 3.78. The third-order valence-electron chi connectivity index (χ3n) is 2.74. The third kappa shape index (κ3) is 1.37. The number of hydrogen-bond donors (Lipinski definition) is 1. The quantitative estimate of drug-likeness (QED) is 0.706. The first-order chi connectivity index (χ1) is 5.79. The molecule has 2 N–H and O–H groups in total. The van der Waals surface area contributed by atoms with Crippen LogP contribution in [-0.4, -0.2) is 6.04 Å². The van der Waals surface area contributed by atoms with Crippen molar-refractivity contribution in [3.63, 3.8) is 0 Å². The van der Waals surface area contributed by atoms with Gasteiger partial charge in [0.2, 0.25) is 0 Å². The Morgan fingerprint density at radius 1 is 1.33 bits per heavy atom. The Balaban J connectivity index is 2.06. The predicted octanol–water partition coefficient (Wildman–Crippen LogP) is 2.14. The first-order valence-corrected chi connectivity index (χ1v) is 4.59. The Labute approximate surface area is 73.6 Å². The van der Waals surface area contributed by atoms with E-state index in [9.17, 15) is 0 Å². The molecular formula is C11H15N. The van der Waals surface area contributed by atoms with Crippen molar-refractivity contribution >= 4 is 0 Å². The van der Waals surface area contributed by atoms with Crippen LogP contribution in [0.1, 0.15) is 24.8 Å². The summed E-state index contributed by atoms with van der Waals surface area (Å²) in [5, 5.41) is 0. The van der Waals surface area contributed by atoms with Crippen LogP contribution < -0.4 is 5.73 Å². The van der Waals surface area contributed by atoms with Crippen LogP contribution in [0.25, 0.3) is 0 Å². The van der Waals surface area contributed by atoms with Gasteiger partial charge in [0.05, 0.1) is 0 Å². The third-order valence-corrected chi connectivity index (χ3v) is 2.74. The van der Waals surface area contributed by atoms with E-state index in [1.807, 2.05) is 0 Å². The van der Waals surface area contributed by atoms with Crippen LogP contribution in [0.2, 0.25) is 0 Å². The molecule has 1 aliphatic rings. The van der Waals surface area contributed by atoms with Gasteiger partial charge in [0, 0.05) is 6.04 Å². The molecule has 0 aromatic heterocycles. The van der Waals surface area contributed by atoms with Gasteiger partial charge < -0.3 is 5.73 Å². The number of nitrogens with two attached hydrogens (primary N) is 1. The molecule has 1 heteroatoms. The summed E-state index contributed by atoms with van der Waals surface area (Å²) >= 11 is 0. The van der Waals surface area contributed by atoms with Gasteiger partial charge in [-0.1, -0.05) is 30.3 Å². The lowest BCUT2D eigenvalue weighted by molar-refractivity contribution is 0.631. The SMILES string of the molecule is C[C@H](N)[C@@H]1C[C@@H]1c1ccccc1. The van der Waals surface area contributed by atoms with Gasteiger partial charge >= 0.3 is 0 Å². The van der Waals surface area contributed by atoms with Crippen molar-refractivity contribution in [1.29, 1.82) is 0 Å². The summed E-state index contributed by atoms with van der Waals surface area (Å²) in [5.74, 6) is 1.47. The number of hydrogen-bond acceptors (Lipinski definition) is 1. The fourth-order valence-corrected chi connectivity index (χ4v) is 1.88. The Morgan fingerprint density at radius 2 is 2.00 bits per heavy atom. The minimum atomic E-state index is 0.357. The minimum absolute atomic E-state index is 0.357. The first kappa shape index (κ1) is 7.81. The normalized spacial score (nSPS) is 29.8. The summed E-state index contributed by atoms with van der Waals surface area (Å²) < 4.78 is 0. The molecule has 64 valence electrons. The summed E-state index contributed by atoms with van der Waals surface area (Å²) in [7, 11) is 0. The lowest BCUT2D eigenvalue weighted by Crippen LogP contribution is -2.17. The standard InChI is InChI=1S/C11H15N/c1-8(12)10-7-11(10)9-5-3-2-4-6-9/h2-6,8,10-11H,7,12H2,1H3/t8-,10-,11+/m0/s1. The molecule has 1 aromatic carbocycles. The van der Waals surface area contributed by atoms with Crippen molar-refractivity contribution in [2.24, 2.45) is 11.7 Å². The second-order valence-corrected chi connectivity index (χ2v) is 3.78. The van der Waals surface area contributed by atoms with Gasteiger partial charge in [0.1, 0.15) is 0 Å². The molecule has 1 aliphatic carbocycles. The molecule has 0 heterocycles. The van der Waals surface area contributed by atoms with Gasteiger partial charge in [-0.3, -0.25) is 0 Å². The maximum Gasteiger partial charge on any atom is 0.00448 e. The van der Waals surface area contributed by atoms with Crippen LogP contribution in [-0.2, 0) is 0 Å². The van der Waals surface area contributed by atoms with Crippen molar-refractivity contribution in [2.45, 2.75) is 25.3 Å². The summed E-state index contributed by atoms with van der Waals surface area (Å²) in [5.41, 5.74) is 7.28. The van der Waals surface area contributed by atoms with Crippen molar-refractivity contribution < 1.29 is 0 Å². The fraction of sp³-hybridized carbons (Fsp3) is 0.455. The maximum absolute atomic E-state index is 5.83. The van der Waals surface area contributed by atoms with Crippen molar-refractivity contribution in [3.05, 3.63) is 35.9 Å². The molecule has 3 atom stereocenters. The molecule has 0 spiro atoms. The van der Waals surface area contributed by atoms with E-state index < -0.39 is 0 Å². The molecular weight excluding hydrogens is 146 g/mol. The van der Waals surface area contributed by atoms with E-state index in [1.54, 1.807) is 0 Å². The molecule has 0 radical (unpaired) electrons. The molecule has 0 bridgehead atoms. The largest absolute Gasteiger partial charge is 0.328 e. The zero-order chi connectivity index (χ0) is 8.55. The van der Waals surface area contributed by atoms with E-state index in [1.165, 1.54) is 12.0 Å². The minimum Gasteiger partial charge on any atom is -0.328 e. The van der Waals surface area contributed by atoms with Gasteiger partial charge in [0.25, 0.3) is 0 Å². The Kier molecular flexibility index (Phi) is 1.89. The molecule has 1 fully saturated rings. The fourth-order valence-electron chi connectivity index (χ4n) is 1.88. The van der Waals surface area contributed by atoms with E-state index in [0.29, 0.717) is 6.04 Å². The molecule has 0 saturated heterocycles. The predicted molar refractivity (Wildman–Crippen MR) is 50.9 cm³/mol. The average Bonchev–Trinajstić information content (AvgIpc) is 2.84. The summed E-state index contributed by atoms with van der Waals surface area (Å²) in [4.78, 5) is 0. The average molecular weight is 161 g/mol. The molecule has 0 unspecified atom stereocenters. The number of rotatable bonds is 2. The zero-order valence-corrected chi connectivity index (χ0v) is 7.40. The highest BCUT2D eigenvalue weighted by atomic mass is 14.7. The van der Waals surface area contributed by atoms with Crippen LogP contribution in [0.4, 0.5) is 0 Å². The first-order valence-electron chi connectivity index (χ1n) is 4.59. The lowest BCUT2D eigenvalue weighted by atomic mass is 10.1. The van der Waals surface area contributed by atoms with Crippen molar-refractivity contribution in [2.75, 3.05) is 0 Å². The smallest absolute Gasteiger partial charge is 0.00448 e. The maximum atomic E-state index is 5.83. The highest BCUT2D eigenvalue weighted by Gasteiger charge is 2.40. The van der Waals surface area contributed by atoms with Crippen LogP contribution in [0.5, 0.6) is 0 Å². The van der Waals surface area contributed by atoms with E-state index in [2.05, 4.69) is 37.3 Å². The Morgan fingerprint density at radius 3 is 2.50 bits per heavy atom. The molecule has 1 nitrogen and oxygen atoms in total. The monoisotopic (exact) mass is 161 g/mol. The van der Waals surface area contributed by atoms with Gasteiger partial charge in [0.15, 0.2) is 0 Å². The molecule has 1 saturated carbocycles. The highest BCUT2D eigenvalue weighted by Crippen LogP contribution is 2.48. The van der Waals surface area contributed by atoms with Crippen LogP contribution in [0.15, 0.2) is 30.3 Å². The highest BCUT2D eigenvalue weighted by molar-refractivity contribution is 5.26. The van der Waals surface area contributed by atoms with Crippen LogP contribution in [0, 0.1) is 5.92 Å². The summed E-state index contributed by atoms with van der Waals surface area (Å²) in [6, 6.07) is 11.0. The number of benzene rings is 1. The Bertz CT molecular complexity index is 253. The second kappa shape index (κ2) is 2.91. The van der Waals surface area contributed by atoms with Gasteiger partial charge in [-0.05, 0) is 30.7 Å². The van der Waals surface area contributed by atoms with Crippen molar-refractivity contribution in [1.82, 2.24) is 0 Å². The Hall–Kier alpha value is -0.820. The topological polar surface area (TPSA) is 26.0 Å². The lowest BCUT2D eigenvalue weighted by Gasteiger charge is -2.02. The zero-order valence-electron chi connectivity index (χ0n) is 7.40. The summed E-state index contributed by atoms with van der Waals surface area (Å²) in [6.45, 7) is 2.10. The molecule has 1 aromatic rings. The molecule has 2 rings (SSSR count). The molecule has 12 heavy (non-hydrogen) atoms. The van der Waals surface area contributed by atoms with E-state index in [4.69, 9.17) is 5.73 Å². The summed E-state index contributed by atoms with van der Waals surface area (Å²) in [6.07, 6.45) is 1.28. The van der Waals surface area contributed by atoms with E-state index >= 15 is 0 Å². The van der Waals surface area contributed by atoms with Crippen LogP contribution in [0.3, 0.4) is 0 Å². The van der Waals surface area contributed by atoms with Crippen molar-refractivity contribution in [3.8, 4) is 0 Å². The van der Waals surface area contributed by atoms with Crippen LogP contribution >= 0.6 is 0 Å². The molecule has 0 aliphatic heterocycles. The molecule has 0 amide bonds. The van der Waals surface area contributed by atoms with Gasteiger partial charge in [-0.15, -0.1) is 0 Å².